The van der Waals surface area contributed by atoms with Crippen LogP contribution in [0.3, 0.4) is 0 Å². The van der Waals surface area contributed by atoms with Crippen molar-refractivity contribution in [3.05, 3.63) is 11.6 Å². The predicted octanol–water partition coefficient (Wildman–Crippen LogP) is 1.33. The van der Waals surface area contributed by atoms with Gasteiger partial charge in [0.2, 0.25) is 0 Å². The zero-order valence-corrected chi connectivity index (χ0v) is 12.8. The maximum atomic E-state index is 4.23. The second-order valence-corrected chi connectivity index (χ2v) is 5.68. The molecule has 0 aliphatic carbocycles. The largest absolute Gasteiger partial charge is 0.356 e. The van der Waals surface area contributed by atoms with Crippen molar-refractivity contribution in [2.45, 2.75) is 52.6 Å². The van der Waals surface area contributed by atoms with Crippen LogP contribution in [-0.4, -0.2) is 34.3 Å². The number of hydrogen-bond donors (Lipinski definition) is 2. The summed E-state index contributed by atoms with van der Waals surface area (Å²) in [5, 5.41) is 15.1. The van der Waals surface area contributed by atoms with Crippen LogP contribution in [0.1, 0.15) is 44.8 Å². The quantitative estimate of drug-likeness (QED) is 0.468. The molecular weight excluding hydrogens is 252 g/mol. The van der Waals surface area contributed by atoms with Gasteiger partial charge in [0.15, 0.2) is 11.8 Å². The lowest BCUT2D eigenvalue weighted by Crippen LogP contribution is -2.37. The van der Waals surface area contributed by atoms with Gasteiger partial charge in [0.1, 0.15) is 5.82 Å². The molecule has 0 bridgehead atoms. The molecule has 0 saturated carbocycles. The minimum Gasteiger partial charge on any atom is -0.356 e. The predicted molar refractivity (Wildman–Crippen MR) is 80.6 cm³/mol. The monoisotopic (exact) mass is 278 g/mol. The van der Waals surface area contributed by atoms with Crippen LogP contribution in [0.15, 0.2) is 4.99 Å². The average Bonchev–Trinajstić information content (AvgIpc) is 3.01. The molecule has 0 amide bonds. The van der Waals surface area contributed by atoms with E-state index in [1.807, 2.05) is 0 Å². The van der Waals surface area contributed by atoms with Gasteiger partial charge >= 0.3 is 0 Å². The molecular formula is C14H26N6. The van der Waals surface area contributed by atoms with Gasteiger partial charge in [-0.25, -0.2) is 0 Å². The highest BCUT2D eigenvalue weighted by atomic mass is 15.3. The highest BCUT2D eigenvalue weighted by molar-refractivity contribution is 5.79. The van der Waals surface area contributed by atoms with Crippen LogP contribution in [-0.2, 0) is 19.5 Å². The van der Waals surface area contributed by atoms with Crippen molar-refractivity contribution in [3.63, 3.8) is 0 Å². The smallest absolute Gasteiger partial charge is 0.191 e. The first kappa shape index (κ1) is 14.8. The molecule has 0 unspecified atom stereocenters. The van der Waals surface area contributed by atoms with Crippen molar-refractivity contribution in [2.24, 2.45) is 10.9 Å². The number of guanidine groups is 1. The molecule has 2 rings (SSSR count). The van der Waals surface area contributed by atoms with E-state index < -0.39 is 0 Å². The van der Waals surface area contributed by atoms with Gasteiger partial charge in [-0.3, -0.25) is 4.99 Å². The Morgan fingerprint density at radius 2 is 2.20 bits per heavy atom. The molecule has 0 aromatic carbocycles. The molecule has 0 fully saturated rings. The van der Waals surface area contributed by atoms with Crippen LogP contribution in [0.5, 0.6) is 0 Å². The minimum absolute atomic E-state index is 0.677. The molecule has 0 atom stereocenters. The second kappa shape index (κ2) is 7.26. The van der Waals surface area contributed by atoms with Crippen LogP contribution >= 0.6 is 0 Å². The van der Waals surface area contributed by atoms with E-state index in [4.69, 9.17) is 0 Å². The Morgan fingerprint density at radius 1 is 1.35 bits per heavy atom. The third-order valence-electron chi connectivity index (χ3n) is 3.57. The van der Waals surface area contributed by atoms with Crippen LogP contribution in [0.4, 0.5) is 0 Å². The Kier molecular flexibility index (Phi) is 5.38. The average molecular weight is 278 g/mol. The van der Waals surface area contributed by atoms with Gasteiger partial charge in [0, 0.05) is 26.6 Å². The summed E-state index contributed by atoms with van der Waals surface area (Å²) < 4.78 is 2.21. The van der Waals surface area contributed by atoms with Gasteiger partial charge in [-0.05, 0) is 25.2 Å². The Hall–Kier alpha value is -1.59. The van der Waals surface area contributed by atoms with E-state index in [9.17, 15) is 0 Å². The van der Waals surface area contributed by atoms with E-state index in [1.165, 1.54) is 19.3 Å². The fourth-order valence-corrected chi connectivity index (χ4v) is 2.44. The second-order valence-electron chi connectivity index (χ2n) is 5.68. The number of aromatic nitrogens is 3. The van der Waals surface area contributed by atoms with Gasteiger partial charge in [-0.15, -0.1) is 10.2 Å². The molecule has 2 N–H and O–H groups in total. The first-order valence-corrected chi connectivity index (χ1v) is 7.56. The van der Waals surface area contributed by atoms with E-state index in [1.54, 1.807) is 7.05 Å². The zero-order chi connectivity index (χ0) is 14.4. The van der Waals surface area contributed by atoms with E-state index in [0.29, 0.717) is 6.54 Å². The van der Waals surface area contributed by atoms with Gasteiger partial charge < -0.3 is 15.2 Å². The lowest BCUT2D eigenvalue weighted by molar-refractivity contribution is 0.548. The van der Waals surface area contributed by atoms with Crippen molar-refractivity contribution in [2.75, 3.05) is 13.6 Å². The minimum atomic E-state index is 0.677. The summed E-state index contributed by atoms with van der Waals surface area (Å²) >= 11 is 0. The number of aliphatic imine (C=N–C) groups is 1. The topological polar surface area (TPSA) is 67.1 Å². The van der Waals surface area contributed by atoms with Gasteiger partial charge in [-0.1, -0.05) is 13.8 Å². The highest BCUT2D eigenvalue weighted by Gasteiger charge is 2.16. The summed E-state index contributed by atoms with van der Waals surface area (Å²) in [6.45, 7) is 7.17. The number of nitrogens with zero attached hydrogens (tertiary/aromatic N) is 4. The van der Waals surface area contributed by atoms with E-state index in [-0.39, 0.29) is 0 Å². The summed E-state index contributed by atoms with van der Waals surface area (Å²) in [5.41, 5.74) is 0. The fourth-order valence-electron chi connectivity index (χ4n) is 2.44. The Bertz CT molecular complexity index is 449. The molecule has 0 saturated heterocycles. The van der Waals surface area contributed by atoms with Crippen molar-refractivity contribution in [1.29, 1.82) is 0 Å². The zero-order valence-electron chi connectivity index (χ0n) is 12.8. The van der Waals surface area contributed by atoms with Crippen molar-refractivity contribution < 1.29 is 0 Å². The molecule has 1 aromatic heterocycles. The lowest BCUT2D eigenvalue weighted by atomic mass is 10.1. The molecule has 20 heavy (non-hydrogen) atoms. The maximum absolute atomic E-state index is 4.23. The molecule has 1 aromatic rings. The first-order chi connectivity index (χ1) is 9.70. The molecule has 6 nitrogen and oxygen atoms in total. The standard InChI is InChI=1S/C14H26N6/c1-11(2)6-4-8-16-14(15-3)17-10-13-19-18-12-7-5-9-20(12)13/h11H,4-10H2,1-3H3,(H2,15,16,17). The van der Waals surface area contributed by atoms with E-state index in [2.05, 4.69) is 44.2 Å². The van der Waals surface area contributed by atoms with E-state index in [0.717, 1.165) is 43.0 Å². The number of fused-ring (bicyclic) bond motifs is 1. The molecule has 6 heteroatoms. The molecule has 2 heterocycles. The third kappa shape index (κ3) is 3.95. The number of rotatable bonds is 6. The van der Waals surface area contributed by atoms with Crippen LogP contribution in [0.25, 0.3) is 0 Å². The SMILES string of the molecule is CN=C(NCCCC(C)C)NCc1nnc2n1CCC2. The number of aryl methyl sites for hydroxylation is 1. The summed E-state index contributed by atoms with van der Waals surface area (Å²) in [7, 11) is 1.80. The van der Waals surface area contributed by atoms with Crippen molar-refractivity contribution in [1.82, 2.24) is 25.4 Å². The number of nitrogens with one attached hydrogen (secondary N) is 2. The number of hydrogen-bond acceptors (Lipinski definition) is 3. The van der Waals surface area contributed by atoms with Gasteiger partial charge in [0.05, 0.1) is 6.54 Å². The Balaban J connectivity index is 1.73. The molecule has 0 radical (unpaired) electrons. The van der Waals surface area contributed by atoms with Crippen molar-refractivity contribution >= 4 is 5.96 Å². The Morgan fingerprint density at radius 3 is 2.95 bits per heavy atom. The molecule has 1 aliphatic rings. The third-order valence-corrected chi connectivity index (χ3v) is 3.57. The van der Waals surface area contributed by atoms with Crippen molar-refractivity contribution in [3.8, 4) is 0 Å². The van der Waals surface area contributed by atoms with Crippen LogP contribution in [0.2, 0.25) is 0 Å². The van der Waals surface area contributed by atoms with Crippen LogP contribution in [0, 0.1) is 5.92 Å². The fraction of sp³-hybridized carbons (Fsp3) is 0.786. The summed E-state index contributed by atoms with van der Waals surface area (Å²) in [5.74, 6) is 3.71. The van der Waals surface area contributed by atoms with Crippen LogP contribution < -0.4 is 10.6 Å². The lowest BCUT2D eigenvalue weighted by Gasteiger charge is -2.12. The molecule has 1 aliphatic heterocycles. The Labute approximate surface area is 121 Å². The molecule has 112 valence electrons. The summed E-state index contributed by atoms with van der Waals surface area (Å²) in [6, 6.07) is 0. The summed E-state index contributed by atoms with van der Waals surface area (Å²) in [4.78, 5) is 4.23. The van der Waals surface area contributed by atoms with E-state index >= 15 is 0 Å². The maximum Gasteiger partial charge on any atom is 0.191 e. The normalized spacial score (nSPS) is 14.7. The first-order valence-electron chi connectivity index (χ1n) is 7.56. The van der Waals surface area contributed by atoms with Gasteiger partial charge in [0.25, 0.3) is 0 Å². The van der Waals surface area contributed by atoms with Gasteiger partial charge in [-0.2, -0.15) is 0 Å². The summed E-state index contributed by atoms with van der Waals surface area (Å²) in [6.07, 6.45) is 4.63. The molecule has 0 spiro atoms. The highest BCUT2D eigenvalue weighted by Crippen LogP contribution is 2.13.